The van der Waals surface area contributed by atoms with Gasteiger partial charge in [0.2, 0.25) is 0 Å². The summed E-state index contributed by atoms with van der Waals surface area (Å²) in [5.74, 6) is 0. The zero-order chi connectivity index (χ0) is 10.8. The molecule has 0 aliphatic heterocycles. The van der Waals surface area contributed by atoms with Crippen molar-refractivity contribution in [3.63, 3.8) is 0 Å². The summed E-state index contributed by atoms with van der Waals surface area (Å²) < 4.78 is 2.14. The van der Waals surface area contributed by atoms with Crippen LogP contribution in [0.1, 0.15) is 12.5 Å². The molecule has 1 heterocycles. The van der Waals surface area contributed by atoms with E-state index < -0.39 is 0 Å². The number of aromatic nitrogens is 1. The highest BCUT2D eigenvalue weighted by Gasteiger charge is 2.02. The first-order valence-electron chi connectivity index (χ1n) is 5.16. The van der Waals surface area contributed by atoms with E-state index in [0.29, 0.717) is 0 Å². The zero-order valence-corrected chi connectivity index (χ0v) is 9.14. The van der Waals surface area contributed by atoms with Gasteiger partial charge >= 0.3 is 0 Å². The molecule has 0 radical (unpaired) electrons. The second-order valence-corrected chi connectivity index (χ2v) is 3.93. The Kier molecular flexibility index (Phi) is 2.60. The van der Waals surface area contributed by atoms with Gasteiger partial charge in [-0.05, 0) is 18.6 Å². The average molecular weight is 200 g/mol. The van der Waals surface area contributed by atoms with Crippen LogP contribution in [0.25, 0.3) is 17.0 Å². The lowest BCUT2D eigenvalue weighted by atomic mass is 10.1. The first kappa shape index (κ1) is 9.99. The molecule has 0 saturated heterocycles. The molecule has 0 saturated carbocycles. The highest BCUT2D eigenvalue weighted by molar-refractivity contribution is 5.89. The normalized spacial score (nSPS) is 13.8. The number of aryl methyl sites for hydroxylation is 1. The largest absolute Gasteiger partial charge is 0.350 e. The molecule has 1 atom stereocenters. The lowest BCUT2D eigenvalue weighted by Gasteiger charge is -1.94. The van der Waals surface area contributed by atoms with Crippen molar-refractivity contribution in [3.05, 3.63) is 42.1 Å². The van der Waals surface area contributed by atoms with Crippen molar-refractivity contribution >= 4 is 17.0 Å². The van der Waals surface area contributed by atoms with Crippen LogP contribution in [0.4, 0.5) is 0 Å². The van der Waals surface area contributed by atoms with Crippen molar-refractivity contribution < 1.29 is 0 Å². The molecular weight excluding hydrogens is 184 g/mol. The Morgan fingerprint density at radius 1 is 1.33 bits per heavy atom. The van der Waals surface area contributed by atoms with Crippen LogP contribution < -0.4 is 5.73 Å². The zero-order valence-electron chi connectivity index (χ0n) is 9.14. The van der Waals surface area contributed by atoms with Crippen LogP contribution in [-0.2, 0) is 7.05 Å². The van der Waals surface area contributed by atoms with Crippen LogP contribution in [-0.4, -0.2) is 10.6 Å². The first-order valence-corrected chi connectivity index (χ1v) is 5.16. The van der Waals surface area contributed by atoms with Gasteiger partial charge in [-0.2, -0.15) is 0 Å². The summed E-state index contributed by atoms with van der Waals surface area (Å²) in [4.78, 5) is 0. The number of para-hydroxylation sites is 1. The second-order valence-electron chi connectivity index (χ2n) is 3.93. The number of hydrogen-bond donors (Lipinski definition) is 1. The molecule has 0 spiro atoms. The smallest absolute Gasteiger partial charge is 0.0483 e. The summed E-state index contributed by atoms with van der Waals surface area (Å²) in [6.07, 6.45) is 6.23. The lowest BCUT2D eigenvalue weighted by molar-refractivity contribution is 0.930. The van der Waals surface area contributed by atoms with Gasteiger partial charge in [-0.3, -0.25) is 0 Å². The fraction of sp³-hybridized carbons (Fsp3) is 0.231. The predicted octanol–water partition coefficient (Wildman–Crippen LogP) is 2.54. The van der Waals surface area contributed by atoms with E-state index in [2.05, 4.69) is 48.2 Å². The van der Waals surface area contributed by atoms with Gasteiger partial charge in [0.1, 0.15) is 0 Å². The van der Waals surface area contributed by atoms with Crippen molar-refractivity contribution in [3.8, 4) is 0 Å². The maximum Gasteiger partial charge on any atom is 0.0483 e. The van der Waals surface area contributed by atoms with E-state index in [1.807, 2.05) is 13.0 Å². The highest BCUT2D eigenvalue weighted by Crippen LogP contribution is 2.21. The number of nitrogens with two attached hydrogens (primary N) is 1. The van der Waals surface area contributed by atoms with Crippen LogP contribution in [0.5, 0.6) is 0 Å². The fourth-order valence-electron chi connectivity index (χ4n) is 1.76. The topological polar surface area (TPSA) is 30.9 Å². The van der Waals surface area contributed by atoms with Crippen molar-refractivity contribution in [1.82, 2.24) is 4.57 Å². The molecule has 0 bridgehead atoms. The molecule has 15 heavy (non-hydrogen) atoms. The third kappa shape index (κ3) is 1.95. The van der Waals surface area contributed by atoms with Gasteiger partial charge in [-0.15, -0.1) is 0 Å². The summed E-state index contributed by atoms with van der Waals surface area (Å²) in [6, 6.07) is 8.48. The minimum Gasteiger partial charge on any atom is -0.350 e. The summed E-state index contributed by atoms with van der Waals surface area (Å²) in [6.45, 7) is 1.97. The molecule has 2 nitrogen and oxygen atoms in total. The van der Waals surface area contributed by atoms with Gasteiger partial charge in [0, 0.05) is 30.2 Å². The monoisotopic (exact) mass is 200 g/mol. The minimum absolute atomic E-state index is 0.101. The Morgan fingerprint density at radius 3 is 2.80 bits per heavy atom. The number of benzene rings is 1. The number of nitrogens with zero attached hydrogens (tertiary/aromatic N) is 1. The van der Waals surface area contributed by atoms with Gasteiger partial charge in [0.15, 0.2) is 0 Å². The predicted molar refractivity (Wildman–Crippen MR) is 65.6 cm³/mol. The van der Waals surface area contributed by atoms with Crippen LogP contribution >= 0.6 is 0 Å². The minimum atomic E-state index is 0.101. The lowest BCUT2D eigenvalue weighted by Crippen LogP contribution is -2.09. The molecule has 2 N–H and O–H groups in total. The van der Waals surface area contributed by atoms with E-state index in [9.17, 15) is 0 Å². The molecule has 2 aromatic rings. The SMILES string of the molecule is CC(N)/C=C/c1cn(C)c2ccccc12. The third-order valence-electron chi connectivity index (χ3n) is 2.51. The van der Waals surface area contributed by atoms with Gasteiger partial charge in [0.05, 0.1) is 0 Å². The van der Waals surface area contributed by atoms with Gasteiger partial charge in [0.25, 0.3) is 0 Å². The molecular formula is C13H16N2. The molecule has 2 rings (SSSR count). The molecule has 0 fully saturated rings. The Morgan fingerprint density at radius 2 is 2.07 bits per heavy atom. The molecule has 1 aromatic heterocycles. The van der Waals surface area contributed by atoms with Crippen LogP contribution in [0, 0.1) is 0 Å². The molecule has 0 aliphatic rings. The second kappa shape index (κ2) is 3.91. The standard InChI is InChI=1S/C13H16N2/c1-10(14)7-8-11-9-15(2)13-6-4-3-5-12(11)13/h3-10H,14H2,1-2H3/b8-7+. The number of fused-ring (bicyclic) bond motifs is 1. The van der Waals surface area contributed by atoms with Gasteiger partial charge < -0.3 is 10.3 Å². The van der Waals surface area contributed by atoms with E-state index in [-0.39, 0.29) is 6.04 Å². The average Bonchev–Trinajstić information content (AvgIpc) is 2.54. The van der Waals surface area contributed by atoms with E-state index in [1.165, 1.54) is 16.5 Å². The van der Waals surface area contributed by atoms with Crippen molar-refractivity contribution in [1.29, 1.82) is 0 Å². The maximum absolute atomic E-state index is 5.70. The summed E-state index contributed by atoms with van der Waals surface area (Å²) in [7, 11) is 2.06. The van der Waals surface area contributed by atoms with E-state index in [1.54, 1.807) is 0 Å². The Bertz CT molecular complexity index is 492. The molecule has 78 valence electrons. The van der Waals surface area contributed by atoms with E-state index >= 15 is 0 Å². The van der Waals surface area contributed by atoms with Crippen molar-refractivity contribution in [2.24, 2.45) is 12.8 Å². The number of rotatable bonds is 2. The highest BCUT2D eigenvalue weighted by atomic mass is 14.9. The Hall–Kier alpha value is -1.54. The number of hydrogen-bond acceptors (Lipinski definition) is 1. The molecule has 0 amide bonds. The summed E-state index contributed by atoms with van der Waals surface area (Å²) in [5.41, 5.74) is 8.18. The van der Waals surface area contributed by atoms with E-state index in [4.69, 9.17) is 5.73 Å². The van der Waals surface area contributed by atoms with Crippen LogP contribution in [0.2, 0.25) is 0 Å². The van der Waals surface area contributed by atoms with Crippen LogP contribution in [0.3, 0.4) is 0 Å². The van der Waals surface area contributed by atoms with Gasteiger partial charge in [-0.25, -0.2) is 0 Å². The Labute approximate surface area is 90.0 Å². The van der Waals surface area contributed by atoms with Gasteiger partial charge in [-0.1, -0.05) is 30.4 Å². The third-order valence-corrected chi connectivity index (χ3v) is 2.51. The molecule has 1 unspecified atom stereocenters. The Balaban J connectivity index is 2.52. The van der Waals surface area contributed by atoms with Crippen molar-refractivity contribution in [2.75, 3.05) is 0 Å². The first-order chi connectivity index (χ1) is 7.18. The quantitative estimate of drug-likeness (QED) is 0.793. The fourth-order valence-corrected chi connectivity index (χ4v) is 1.76. The molecule has 1 aromatic carbocycles. The van der Waals surface area contributed by atoms with Crippen molar-refractivity contribution in [2.45, 2.75) is 13.0 Å². The molecule has 0 aliphatic carbocycles. The molecule has 2 heteroatoms. The van der Waals surface area contributed by atoms with E-state index in [0.717, 1.165) is 0 Å². The summed E-state index contributed by atoms with van der Waals surface area (Å²) in [5, 5.41) is 1.27. The summed E-state index contributed by atoms with van der Waals surface area (Å²) >= 11 is 0. The van der Waals surface area contributed by atoms with Crippen LogP contribution in [0.15, 0.2) is 36.5 Å². The maximum atomic E-state index is 5.70.